The lowest BCUT2D eigenvalue weighted by Crippen LogP contribution is -2.39. The van der Waals surface area contributed by atoms with Crippen LogP contribution in [0.4, 0.5) is 5.69 Å². The third-order valence-electron chi connectivity index (χ3n) is 3.85. The first kappa shape index (κ1) is 19.2. The molecule has 0 heterocycles. The molecule has 0 fully saturated rings. The maximum Gasteiger partial charge on any atom is 0.314 e. The quantitative estimate of drug-likeness (QED) is 0.533. The van der Waals surface area contributed by atoms with Crippen molar-refractivity contribution in [3.05, 3.63) is 64.2 Å². The minimum Gasteiger partial charge on any atom is -0.496 e. The molecule has 0 aromatic heterocycles. The molecule has 7 heteroatoms. The number of carbonyl (C=O) groups excluding carboxylic acids is 1. The Labute approximate surface area is 152 Å². The van der Waals surface area contributed by atoms with Crippen molar-refractivity contribution < 1.29 is 19.2 Å². The Morgan fingerprint density at radius 1 is 1.19 bits per heavy atom. The smallest absolute Gasteiger partial charge is 0.314 e. The van der Waals surface area contributed by atoms with Crippen molar-refractivity contribution in [3.8, 4) is 11.5 Å². The van der Waals surface area contributed by atoms with Crippen LogP contribution in [0.1, 0.15) is 19.4 Å². The van der Waals surface area contributed by atoms with Gasteiger partial charge in [-0.2, -0.15) is 0 Å². The van der Waals surface area contributed by atoms with E-state index in [0.29, 0.717) is 12.3 Å². The fraction of sp³-hybridized carbons (Fsp3) is 0.316. The van der Waals surface area contributed by atoms with E-state index in [1.165, 1.54) is 19.2 Å². The summed E-state index contributed by atoms with van der Waals surface area (Å²) in [7, 11) is 1.42. The van der Waals surface area contributed by atoms with Crippen molar-refractivity contribution in [3.63, 3.8) is 0 Å². The molecule has 0 saturated heterocycles. The van der Waals surface area contributed by atoms with Gasteiger partial charge in [0.15, 0.2) is 12.4 Å². The van der Waals surface area contributed by atoms with Crippen molar-refractivity contribution in [2.45, 2.75) is 26.4 Å². The van der Waals surface area contributed by atoms with Crippen molar-refractivity contribution in [1.29, 1.82) is 0 Å². The lowest BCUT2D eigenvalue weighted by molar-refractivity contribution is -0.385. The lowest BCUT2D eigenvalue weighted by atomic mass is 10.2. The second-order valence-corrected chi connectivity index (χ2v) is 5.98. The molecule has 0 spiro atoms. The summed E-state index contributed by atoms with van der Waals surface area (Å²) < 4.78 is 10.4. The van der Waals surface area contributed by atoms with E-state index in [1.54, 1.807) is 11.0 Å². The van der Waals surface area contributed by atoms with Crippen LogP contribution < -0.4 is 9.47 Å². The summed E-state index contributed by atoms with van der Waals surface area (Å²) in [5, 5.41) is 11.2. The van der Waals surface area contributed by atoms with Crippen LogP contribution in [-0.4, -0.2) is 35.5 Å². The standard InChI is InChI=1S/C19H22N2O5/c1-14(2)20(12-15-7-5-4-6-8-15)19(22)13-26-18-10-9-16(25-3)11-17(18)21(23)24/h4-11,14H,12-13H2,1-3H3. The first-order chi connectivity index (χ1) is 12.4. The van der Waals surface area contributed by atoms with Gasteiger partial charge in [-0.3, -0.25) is 14.9 Å². The summed E-state index contributed by atoms with van der Waals surface area (Å²) in [5.74, 6) is 0.143. The lowest BCUT2D eigenvalue weighted by Gasteiger charge is -2.27. The van der Waals surface area contributed by atoms with Crippen LogP contribution in [-0.2, 0) is 11.3 Å². The molecule has 138 valence electrons. The molecule has 2 aromatic carbocycles. The van der Waals surface area contributed by atoms with Gasteiger partial charge in [-0.1, -0.05) is 30.3 Å². The van der Waals surface area contributed by atoms with Crippen LogP contribution >= 0.6 is 0 Å². The van der Waals surface area contributed by atoms with Gasteiger partial charge in [0.05, 0.1) is 18.1 Å². The van der Waals surface area contributed by atoms with Gasteiger partial charge >= 0.3 is 5.69 Å². The summed E-state index contributed by atoms with van der Waals surface area (Å²) >= 11 is 0. The van der Waals surface area contributed by atoms with Crippen LogP contribution in [0.3, 0.4) is 0 Å². The molecule has 0 radical (unpaired) electrons. The minimum absolute atomic E-state index is 0.0304. The third kappa shape index (κ3) is 4.95. The molecule has 0 unspecified atom stereocenters. The topological polar surface area (TPSA) is 81.9 Å². The summed E-state index contributed by atoms with van der Waals surface area (Å²) in [6.45, 7) is 4.00. The van der Waals surface area contributed by atoms with Gasteiger partial charge in [0, 0.05) is 12.6 Å². The number of nitro benzene ring substituents is 1. The largest absolute Gasteiger partial charge is 0.496 e. The summed E-state index contributed by atoms with van der Waals surface area (Å²) in [6, 6.07) is 13.8. The Bertz CT molecular complexity index is 762. The molecule has 0 saturated carbocycles. The molecule has 0 bridgehead atoms. The normalized spacial score (nSPS) is 10.5. The van der Waals surface area contributed by atoms with Crippen LogP contribution in [0.2, 0.25) is 0 Å². The second-order valence-electron chi connectivity index (χ2n) is 5.98. The van der Waals surface area contributed by atoms with Crippen molar-refractivity contribution in [1.82, 2.24) is 4.90 Å². The highest BCUT2D eigenvalue weighted by molar-refractivity contribution is 5.78. The Balaban J connectivity index is 2.09. The number of ether oxygens (including phenoxy) is 2. The van der Waals surface area contributed by atoms with E-state index in [-0.39, 0.29) is 30.0 Å². The molecule has 0 atom stereocenters. The minimum atomic E-state index is -0.563. The van der Waals surface area contributed by atoms with Crippen molar-refractivity contribution in [2.24, 2.45) is 0 Å². The molecule has 0 aliphatic rings. The van der Waals surface area contributed by atoms with Gasteiger partial charge in [-0.15, -0.1) is 0 Å². The molecule has 0 aliphatic carbocycles. The maximum absolute atomic E-state index is 12.6. The molecule has 26 heavy (non-hydrogen) atoms. The molecule has 2 rings (SSSR count). The molecule has 0 N–H and O–H groups in total. The van der Waals surface area contributed by atoms with Gasteiger partial charge in [0.25, 0.3) is 5.91 Å². The van der Waals surface area contributed by atoms with E-state index in [4.69, 9.17) is 9.47 Å². The van der Waals surface area contributed by atoms with Crippen LogP contribution in [0.15, 0.2) is 48.5 Å². The first-order valence-electron chi connectivity index (χ1n) is 8.21. The number of amides is 1. The molecular weight excluding hydrogens is 336 g/mol. The number of hydrogen-bond acceptors (Lipinski definition) is 5. The zero-order valence-corrected chi connectivity index (χ0v) is 15.0. The van der Waals surface area contributed by atoms with Crippen molar-refractivity contribution in [2.75, 3.05) is 13.7 Å². The zero-order valence-electron chi connectivity index (χ0n) is 15.0. The number of nitro groups is 1. The number of benzene rings is 2. The molecular formula is C19H22N2O5. The Kier molecular flexibility index (Phi) is 6.54. The fourth-order valence-electron chi connectivity index (χ4n) is 2.45. The van der Waals surface area contributed by atoms with Gasteiger partial charge in [0.2, 0.25) is 0 Å². The number of rotatable bonds is 8. The van der Waals surface area contributed by atoms with Crippen molar-refractivity contribution >= 4 is 11.6 Å². The average molecular weight is 358 g/mol. The second kappa shape index (κ2) is 8.84. The van der Waals surface area contributed by atoms with E-state index in [9.17, 15) is 14.9 Å². The Morgan fingerprint density at radius 3 is 2.46 bits per heavy atom. The van der Waals surface area contributed by atoms with E-state index >= 15 is 0 Å². The SMILES string of the molecule is COc1ccc(OCC(=O)N(Cc2ccccc2)C(C)C)c([N+](=O)[O-])c1. The zero-order chi connectivity index (χ0) is 19.1. The fourth-order valence-corrected chi connectivity index (χ4v) is 2.45. The molecule has 0 aliphatic heterocycles. The maximum atomic E-state index is 12.6. The molecule has 2 aromatic rings. The predicted molar refractivity (Wildman–Crippen MR) is 97.3 cm³/mol. The first-order valence-corrected chi connectivity index (χ1v) is 8.21. The highest BCUT2D eigenvalue weighted by atomic mass is 16.6. The molecule has 1 amide bonds. The van der Waals surface area contributed by atoms with Crippen LogP contribution in [0.5, 0.6) is 11.5 Å². The number of nitrogens with zero attached hydrogens (tertiary/aromatic N) is 2. The van der Waals surface area contributed by atoms with E-state index in [2.05, 4.69) is 0 Å². The number of hydrogen-bond donors (Lipinski definition) is 0. The van der Waals surface area contributed by atoms with Crippen LogP contribution in [0.25, 0.3) is 0 Å². The van der Waals surface area contributed by atoms with Gasteiger partial charge in [0.1, 0.15) is 5.75 Å². The average Bonchev–Trinajstić information content (AvgIpc) is 2.64. The van der Waals surface area contributed by atoms with E-state index in [1.807, 2.05) is 44.2 Å². The van der Waals surface area contributed by atoms with E-state index < -0.39 is 4.92 Å². The van der Waals surface area contributed by atoms with Gasteiger partial charge in [-0.25, -0.2) is 0 Å². The highest BCUT2D eigenvalue weighted by Gasteiger charge is 2.21. The van der Waals surface area contributed by atoms with Gasteiger partial charge in [-0.05, 0) is 31.5 Å². The van der Waals surface area contributed by atoms with E-state index in [0.717, 1.165) is 5.56 Å². The predicted octanol–water partition coefficient (Wildman–Crippen LogP) is 3.42. The Morgan fingerprint density at radius 2 is 1.88 bits per heavy atom. The molecule has 7 nitrogen and oxygen atoms in total. The summed E-state index contributed by atoms with van der Waals surface area (Å²) in [6.07, 6.45) is 0. The third-order valence-corrected chi connectivity index (χ3v) is 3.85. The highest BCUT2D eigenvalue weighted by Crippen LogP contribution is 2.31. The van der Waals surface area contributed by atoms with Crippen LogP contribution in [0, 0.1) is 10.1 Å². The summed E-state index contributed by atoms with van der Waals surface area (Å²) in [4.78, 5) is 24.9. The Hall–Kier alpha value is -3.09. The number of carbonyl (C=O) groups is 1. The number of methoxy groups -OCH3 is 1. The summed E-state index contributed by atoms with van der Waals surface area (Å²) in [5.41, 5.74) is 0.765. The van der Waals surface area contributed by atoms with Gasteiger partial charge < -0.3 is 14.4 Å². The monoisotopic (exact) mass is 358 g/mol.